The van der Waals surface area contributed by atoms with Crippen molar-refractivity contribution in [3.63, 3.8) is 0 Å². The zero-order valence-electron chi connectivity index (χ0n) is 64.9. The molecule has 2 rings (SSSR count). The van der Waals surface area contributed by atoms with Crippen molar-refractivity contribution in [2.45, 2.75) is 453 Å². The van der Waals surface area contributed by atoms with E-state index in [1.807, 2.05) is 6.08 Å². The van der Waals surface area contributed by atoms with E-state index in [2.05, 4.69) is 79.9 Å². The lowest BCUT2D eigenvalue weighted by Crippen LogP contribution is -2.65. The smallest absolute Gasteiger partial charge is 0.220 e. The normalized spacial score (nSPS) is 22.1. The monoisotopic (exact) mass is 1430 g/mol. The summed E-state index contributed by atoms with van der Waals surface area (Å²) in [6, 6.07) is -0.918. The number of hydrogen-bond acceptors (Lipinski definition) is 13. The zero-order valence-corrected chi connectivity index (χ0v) is 64.9. The second kappa shape index (κ2) is 70.4. The minimum Gasteiger partial charge on any atom is -0.394 e. The summed E-state index contributed by atoms with van der Waals surface area (Å²) in [6.45, 7) is 2.75. The van der Waals surface area contributed by atoms with Crippen molar-refractivity contribution in [2.75, 3.05) is 19.8 Å². The summed E-state index contributed by atoms with van der Waals surface area (Å²) in [7, 11) is 0. The largest absolute Gasteiger partial charge is 0.394 e. The van der Waals surface area contributed by atoms with Gasteiger partial charge in [0.2, 0.25) is 5.91 Å². The Morgan fingerprint density at radius 2 is 0.683 bits per heavy atom. The van der Waals surface area contributed by atoms with Crippen molar-refractivity contribution in [3.8, 4) is 0 Å². The van der Waals surface area contributed by atoms with E-state index in [1.54, 1.807) is 6.08 Å². The van der Waals surface area contributed by atoms with Gasteiger partial charge in [0.1, 0.15) is 48.8 Å². The van der Waals surface area contributed by atoms with Crippen molar-refractivity contribution in [2.24, 2.45) is 0 Å². The van der Waals surface area contributed by atoms with Gasteiger partial charge in [0.05, 0.1) is 32.0 Å². The maximum absolute atomic E-state index is 13.4. The number of aliphatic hydroxyl groups is 8. The molecule has 2 saturated heterocycles. The first-order valence-electron chi connectivity index (χ1n) is 42.7. The van der Waals surface area contributed by atoms with Crippen LogP contribution in [0.4, 0.5) is 0 Å². The molecule has 2 heterocycles. The molecular weight excluding hydrogens is 1270 g/mol. The summed E-state index contributed by atoms with van der Waals surface area (Å²) in [5, 5.41) is 87.8. The molecule has 14 heteroatoms. The van der Waals surface area contributed by atoms with Gasteiger partial charge in [0.25, 0.3) is 0 Å². The fourth-order valence-corrected chi connectivity index (χ4v) is 14.0. The van der Waals surface area contributed by atoms with Crippen molar-refractivity contribution in [1.82, 2.24) is 5.32 Å². The lowest BCUT2D eigenvalue weighted by atomic mass is 9.97. The van der Waals surface area contributed by atoms with Crippen molar-refractivity contribution < 1.29 is 64.6 Å². The van der Waals surface area contributed by atoms with Crippen molar-refractivity contribution in [3.05, 3.63) is 72.9 Å². The second-order valence-electron chi connectivity index (χ2n) is 29.9. The van der Waals surface area contributed by atoms with E-state index >= 15 is 0 Å². The van der Waals surface area contributed by atoms with Gasteiger partial charge >= 0.3 is 0 Å². The van der Waals surface area contributed by atoms with E-state index in [1.165, 1.54) is 283 Å². The topological polar surface area (TPSA) is 228 Å². The lowest BCUT2D eigenvalue weighted by Gasteiger charge is -2.46. The van der Waals surface area contributed by atoms with Crippen LogP contribution in [0.25, 0.3) is 0 Å². The fourth-order valence-electron chi connectivity index (χ4n) is 14.0. The van der Waals surface area contributed by atoms with Gasteiger partial charge in [-0.2, -0.15) is 0 Å². The summed E-state index contributed by atoms with van der Waals surface area (Å²) < 4.78 is 23.0. The molecule has 0 saturated carbocycles. The molecule has 0 aromatic rings. The molecule has 0 spiro atoms. The van der Waals surface area contributed by atoms with Crippen LogP contribution in [0.3, 0.4) is 0 Å². The van der Waals surface area contributed by atoms with E-state index in [9.17, 15) is 45.6 Å². The van der Waals surface area contributed by atoms with Gasteiger partial charge < -0.3 is 65.1 Å². The summed E-state index contributed by atoms with van der Waals surface area (Å²) >= 11 is 0. The lowest BCUT2D eigenvalue weighted by molar-refractivity contribution is -0.359. The molecule has 0 aromatic carbocycles. The number of nitrogens with one attached hydrogen (secondary N) is 1. The minimum absolute atomic E-state index is 0.233. The molecule has 14 nitrogen and oxygen atoms in total. The number of unbranched alkanes of at least 4 members (excludes halogenated alkanes) is 49. The highest BCUT2D eigenvalue weighted by atomic mass is 16.7. The number of aliphatic hydroxyl groups excluding tert-OH is 8. The third kappa shape index (κ3) is 53.0. The van der Waals surface area contributed by atoms with E-state index in [-0.39, 0.29) is 18.9 Å². The van der Waals surface area contributed by atoms with Crippen LogP contribution in [0, 0.1) is 0 Å². The molecule has 0 aromatic heterocycles. The molecule has 590 valence electrons. The maximum atomic E-state index is 13.4. The van der Waals surface area contributed by atoms with Gasteiger partial charge in [-0.05, 0) is 64.2 Å². The molecule has 101 heavy (non-hydrogen) atoms. The van der Waals surface area contributed by atoms with Crippen LogP contribution in [-0.2, 0) is 23.7 Å². The SMILES string of the molecule is CC/C=C\C/C=C\C/C=C\C/C=C\C/C=C\CCCCCCCCCCCCCCCCCCCCCCCC(=O)NC(COC1OC(CO)C(OC2OC(CO)C(O)C(O)C2O)C(O)C1O)C(O)/C=C/CCCCCCCCCCCCCCCCCCCCCCCCCCCCCC. The van der Waals surface area contributed by atoms with E-state index in [0.717, 1.165) is 70.6 Å². The zero-order chi connectivity index (χ0) is 73.0. The third-order valence-corrected chi connectivity index (χ3v) is 20.6. The molecule has 1 amide bonds. The molecule has 9 N–H and O–H groups in total. The van der Waals surface area contributed by atoms with Crippen molar-refractivity contribution in [1.29, 1.82) is 0 Å². The number of amides is 1. The number of carbonyl (C=O) groups is 1. The Morgan fingerprint density at radius 1 is 0.366 bits per heavy atom. The first-order valence-corrected chi connectivity index (χ1v) is 42.7. The second-order valence-corrected chi connectivity index (χ2v) is 29.9. The summed E-state index contributed by atoms with van der Waals surface area (Å²) in [6.07, 6.45) is 81.4. The van der Waals surface area contributed by atoms with Crippen LogP contribution in [-0.4, -0.2) is 140 Å². The summed E-state index contributed by atoms with van der Waals surface area (Å²) in [5.41, 5.74) is 0. The first-order chi connectivity index (χ1) is 49.6. The van der Waals surface area contributed by atoms with Gasteiger partial charge in [-0.15, -0.1) is 0 Å². The number of ether oxygens (including phenoxy) is 4. The fraction of sp³-hybridized carbons (Fsp3) is 0.851. The Morgan fingerprint density at radius 3 is 1.05 bits per heavy atom. The molecule has 2 fully saturated rings. The van der Waals surface area contributed by atoms with Crippen LogP contribution in [0.5, 0.6) is 0 Å². The number of carbonyl (C=O) groups excluding carboxylic acids is 1. The maximum Gasteiger partial charge on any atom is 0.220 e. The number of hydrogen-bond donors (Lipinski definition) is 9. The predicted molar refractivity (Wildman–Crippen MR) is 420 cm³/mol. The van der Waals surface area contributed by atoms with Gasteiger partial charge in [0.15, 0.2) is 12.6 Å². The van der Waals surface area contributed by atoms with Crippen LogP contribution < -0.4 is 5.32 Å². The van der Waals surface area contributed by atoms with E-state index < -0.39 is 86.8 Å². The molecule has 2 aliphatic rings. The Balaban J connectivity index is 1.58. The highest BCUT2D eigenvalue weighted by Gasteiger charge is 2.51. The van der Waals surface area contributed by atoms with Gasteiger partial charge in [-0.1, -0.05) is 382 Å². The Bertz CT molecular complexity index is 1980. The highest BCUT2D eigenvalue weighted by Crippen LogP contribution is 2.30. The van der Waals surface area contributed by atoms with Crippen LogP contribution in [0.15, 0.2) is 72.9 Å². The molecule has 12 unspecified atom stereocenters. The standard InChI is InChI=1S/C87H159NO13/c1-3-5-7-9-11-13-15-17-19-21-23-25-27-29-31-33-35-36-37-38-39-40-41-43-45-47-49-51-53-55-57-59-61-63-65-67-69-71-79(92)88-75(74-98-86-84(97)82(95)85(78(73-90)100-86)101-87-83(96)81(94)80(93)77(72-89)99-87)76(91)70-68-66-64-62-60-58-56-54-52-50-48-46-44-42-34-32-30-28-26-24-22-20-18-16-14-12-10-8-6-4-2/h5,7,11,13,17,19,23,25,29,31,68,70,75-78,80-87,89-91,93-97H,3-4,6,8-10,12,14-16,18,20-22,24,26-28,30,32-67,69,71-74H2,1-2H3,(H,88,92)/b7-5-,13-11-,19-17-,25-23-,31-29-,70-68+. The van der Waals surface area contributed by atoms with Gasteiger partial charge in [0, 0.05) is 6.42 Å². The molecule has 0 radical (unpaired) electrons. The molecular formula is C87H159NO13. The summed E-state index contributed by atoms with van der Waals surface area (Å²) in [5.74, 6) is -0.233. The average Bonchev–Trinajstić information content (AvgIpc) is 0.792. The minimum atomic E-state index is -1.79. The van der Waals surface area contributed by atoms with E-state index in [4.69, 9.17) is 18.9 Å². The Labute approximate surface area is 618 Å². The highest BCUT2D eigenvalue weighted by molar-refractivity contribution is 5.76. The van der Waals surface area contributed by atoms with E-state index in [0.29, 0.717) is 6.42 Å². The van der Waals surface area contributed by atoms with Crippen molar-refractivity contribution >= 4 is 5.91 Å². The molecule has 0 bridgehead atoms. The molecule has 2 aliphatic heterocycles. The number of allylic oxidation sites excluding steroid dienone is 11. The predicted octanol–water partition coefficient (Wildman–Crippen LogP) is 20.1. The van der Waals surface area contributed by atoms with Crippen LogP contribution in [0.2, 0.25) is 0 Å². The first kappa shape index (κ1) is 94.5. The van der Waals surface area contributed by atoms with Crippen LogP contribution in [0.1, 0.15) is 380 Å². The van der Waals surface area contributed by atoms with Gasteiger partial charge in [-0.3, -0.25) is 4.79 Å². The Hall–Kier alpha value is -2.57. The number of rotatable bonds is 72. The van der Waals surface area contributed by atoms with Crippen LogP contribution >= 0.6 is 0 Å². The Kier molecular flexibility index (Phi) is 65.9. The quantitative estimate of drug-likeness (QED) is 0.0204. The average molecular weight is 1430 g/mol. The molecule has 12 atom stereocenters. The molecule has 0 aliphatic carbocycles. The van der Waals surface area contributed by atoms with Gasteiger partial charge in [-0.25, -0.2) is 0 Å². The summed E-state index contributed by atoms with van der Waals surface area (Å²) in [4.78, 5) is 13.4. The third-order valence-electron chi connectivity index (χ3n) is 20.6.